The van der Waals surface area contributed by atoms with Gasteiger partial charge in [0.25, 0.3) is 0 Å². The number of nitrogens with two attached hydrogens (primary N) is 2. The number of rotatable bonds is 1. The Hall–Kier alpha value is -1.19. The van der Waals surface area contributed by atoms with Crippen molar-refractivity contribution in [1.29, 1.82) is 0 Å². The molecule has 4 aliphatic rings. The number of imidazole rings is 1. The highest BCUT2D eigenvalue weighted by atomic mass is 15.4. The van der Waals surface area contributed by atoms with Crippen molar-refractivity contribution in [3.8, 4) is 0 Å². The second-order valence-corrected chi connectivity index (χ2v) is 6.57. The van der Waals surface area contributed by atoms with Gasteiger partial charge in [0, 0.05) is 5.41 Å². The van der Waals surface area contributed by atoms with E-state index in [0.717, 1.165) is 23.6 Å². The summed E-state index contributed by atoms with van der Waals surface area (Å²) in [5.74, 6) is 10.4. The second kappa shape index (κ2) is 2.98. The molecule has 1 aromatic rings. The molecular formula is C13H20N4. The minimum Gasteiger partial charge on any atom is -0.382 e. The van der Waals surface area contributed by atoms with Gasteiger partial charge in [0.2, 0.25) is 0 Å². The van der Waals surface area contributed by atoms with Gasteiger partial charge in [0.05, 0.1) is 6.20 Å². The molecule has 4 bridgehead atoms. The maximum Gasteiger partial charge on any atom is 0.142 e. The molecule has 4 fully saturated rings. The van der Waals surface area contributed by atoms with E-state index >= 15 is 0 Å². The van der Waals surface area contributed by atoms with Gasteiger partial charge >= 0.3 is 0 Å². The Labute approximate surface area is 101 Å². The van der Waals surface area contributed by atoms with E-state index in [1.165, 1.54) is 38.5 Å². The van der Waals surface area contributed by atoms with Gasteiger partial charge in [-0.05, 0) is 56.3 Å². The summed E-state index contributed by atoms with van der Waals surface area (Å²) < 4.78 is 1.63. The van der Waals surface area contributed by atoms with Crippen LogP contribution >= 0.6 is 0 Å². The van der Waals surface area contributed by atoms with Crippen molar-refractivity contribution in [3.63, 3.8) is 0 Å². The lowest BCUT2D eigenvalue weighted by Crippen LogP contribution is -2.50. The molecule has 17 heavy (non-hydrogen) atoms. The summed E-state index contributed by atoms with van der Waals surface area (Å²) in [4.78, 5) is 4.52. The lowest BCUT2D eigenvalue weighted by Gasteiger charge is -2.56. The van der Waals surface area contributed by atoms with Crippen LogP contribution in [0.5, 0.6) is 0 Å². The Bertz CT molecular complexity index is 427. The zero-order valence-electron chi connectivity index (χ0n) is 10.1. The van der Waals surface area contributed by atoms with Crippen molar-refractivity contribution >= 4 is 5.82 Å². The molecule has 4 nitrogen and oxygen atoms in total. The first-order valence-corrected chi connectivity index (χ1v) is 6.75. The van der Waals surface area contributed by atoms with Crippen LogP contribution in [0.1, 0.15) is 44.3 Å². The van der Waals surface area contributed by atoms with Crippen LogP contribution in [-0.2, 0) is 5.41 Å². The van der Waals surface area contributed by atoms with E-state index in [-0.39, 0.29) is 5.41 Å². The first-order chi connectivity index (χ1) is 8.16. The highest BCUT2D eigenvalue weighted by Crippen LogP contribution is 2.60. The molecule has 0 unspecified atom stereocenters. The van der Waals surface area contributed by atoms with E-state index in [1.807, 2.05) is 0 Å². The molecule has 4 saturated carbocycles. The summed E-state index contributed by atoms with van der Waals surface area (Å²) in [6.07, 6.45) is 9.90. The van der Waals surface area contributed by atoms with Crippen LogP contribution in [0.15, 0.2) is 6.20 Å². The largest absolute Gasteiger partial charge is 0.382 e. The van der Waals surface area contributed by atoms with Crippen LogP contribution in [0.25, 0.3) is 0 Å². The predicted octanol–water partition coefficient (Wildman–Crippen LogP) is 1.65. The molecule has 0 spiro atoms. The van der Waals surface area contributed by atoms with E-state index in [9.17, 15) is 0 Å². The minimum absolute atomic E-state index is 0.251. The van der Waals surface area contributed by atoms with E-state index in [1.54, 1.807) is 10.9 Å². The van der Waals surface area contributed by atoms with Crippen molar-refractivity contribution < 1.29 is 0 Å². The fraction of sp³-hybridized carbons (Fsp3) is 0.769. The van der Waals surface area contributed by atoms with E-state index < -0.39 is 0 Å². The number of nitrogens with zero attached hydrogens (tertiary/aromatic N) is 2. The highest BCUT2D eigenvalue weighted by Gasteiger charge is 2.53. The smallest absolute Gasteiger partial charge is 0.142 e. The molecule has 1 heterocycles. The maximum atomic E-state index is 6.05. The molecule has 1 aromatic heterocycles. The molecule has 0 aromatic carbocycles. The Morgan fingerprint density at radius 3 is 2.06 bits per heavy atom. The van der Waals surface area contributed by atoms with Crippen molar-refractivity contribution in [2.75, 3.05) is 11.6 Å². The van der Waals surface area contributed by atoms with E-state index in [0.29, 0.717) is 5.82 Å². The van der Waals surface area contributed by atoms with Gasteiger partial charge in [-0.1, -0.05) is 0 Å². The van der Waals surface area contributed by atoms with Gasteiger partial charge in [-0.2, -0.15) is 0 Å². The molecule has 5 rings (SSSR count). The van der Waals surface area contributed by atoms with Crippen LogP contribution in [0.3, 0.4) is 0 Å². The van der Waals surface area contributed by atoms with Crippen LogP contribution in [0.2, 0.25) is 0 Å². The zero-order valence-corrected chi connectivity index (χ0v) is 10.1. The fourth-order valence-electron chi connectivity index (χ4n) is 5.15. The summed E-state index contributed by atoms with van der Waals surface area (Å²) in [5, 5.41) is 0. The van der Waals surface area contributed by atoms with Crippen LogP contribution in [-0.4, -0.2) is 9.66 Å². The second-order valence-electron chi connectivity index (χ2n) is 6.57. The molecule has 4 aliphatic carbocycles. The minimum atomic E-state index is 0.251. The predicted molar refractivity (Wildman–Crippen MR) is 66.6 cm³/mol. The monoisotopic (exact) mass is 232 g/mol. The lowest BCUT2D eigenvalue weighted by atomic mass is 9.49. The number of anilines is 1. The molecule has 0 saturated heterocycles. The van der Waals surface area contributed by atoms with Crippen molar-refractivity contribution in [2.45, 2.75) is 43.9 Å². The number of aromatic nitrogens is 2. The first-order valence-electron chi connectivity index (χ1n) is 6.75. The van der Waals surface area contributed by atoms with Crippen molar-refractivity contribution in [2.24, 2.45) is 17.8 Å². The molecule has 4 N–H and O–H groups in total. The normalized spacial score (nSPS) is 43.2. The SMILES string of the molecule is Nc1cnc(C23CC4CC(CC(C4)C2)C3)n1N. The van der Waals surface area contributed by atoms with Crippen LogP contribution in [0.4, 0.5) is 5.82 Å². The Kier molecular flexibility index (Phi) is 1.72. The summed E-state index contributed by atoms with van der Waals surface area (Å²) in [6, 6.07) is 0. The van der Waals surface area contributed by atoms with Crippen molar-refractivity contribution in [3.05, 3.63) is 12.0 Å². The number of hydrogen-bond donors (Lipinski definition) is 2. The van der Waals surface area contributed by atoms with Crippen molar-refractivity contribution in [1.82, 2.24) is 9.66 Å². The molecule has 0 amide bonds. The lowest BCUT2D eigenvalue weighted by molar-refractivity contribution is -0.0102. The summed E-state index contributed by atoms with van der Waals surface area (Å²) in [5.41, 5.74) is 6.09. The quantitative estimate of drug-likeness (QED) is 0.723. The van der Waals surface area contributed by atoms with Crippen LogP contribution < -0.4 is 11.6 Å². The standard InChI is InChI=1S/C13H20N4/c14-11-7-16-12(17(11)15)13-4-8-1-9(5-13)3-10(2-8)6-13/h7-10H,1-6,14-15H2. The van der Waals surface area contributed by atoms with Gasteiger partial charge in [-0.15, -0.1) is 0 Å². The van der Waals surface area contributed by atoms with Gasteiger partial charge in [0.1, 0.15) is 11.6 Å². The average Bonchev–Trinajstić information content (AvgIpc) is 2.58. The van der Waals surface area contributed by atoms with Gasteiger partial charge in [-0.25, -0.2) is 9.66 Å². The third-order valence-corrected chi connectivity index (χ3v) is 5.34. The van der Waals surface area contributed by atoms with Crippen LogP contribution in [0, 0.1) is 17.8 Å². The van der Waals surface area contributed by atoms with E-state index in [2.05, 4.69) is 4.98 Å². The molecule has 0 atom stereocenters. The maximum absolute atomic E-state index is 6.05. The Balaban J connectivity index is 1.80. The summed E-state index contributed by atoms with van der Waals surface area (Å²) >= 11 is 0. The highest BCUT2D eigenvalue weighted by molar-refractivity contribution is 5.32. The molecule has 0 aliphatic heterocycles. The Morgan fingerprint density at radius 1 is 1.12 bits per heavy atom. The average molecular weight is 232 g/mol. The third kappa shape index (κ3) is 1.21. The number of nitrogen functional groups attached to an aromatic ring is 2. The topological polar surface area (TPSA) is 69.9 Å². The van der Waals surface area contributed by atoms with Gasteiger partial charge in [-0.3, -0.25) is 0 Å². The summed E-state index contributed by atoms with van der Waals surface area (Å²) in [7, 11) is 0. The molecular weight excluding hydrogens is 212 g/mol. The first kappa shape index (κ1) is 9.80. The number of hydrogen-bond acceptors (Lipinski definition) is 3. The van der Waals surface area contributed by atoms with Gasteiger partial charge < -0.3 is 11.6 Å². The fourth-order valence-corrected chi connectivity index (χ4v) is 5.15. The Morgan fingerprint density at radius 2 is 1.65 bits per heavy atom. The van der Waals surface area contributed by atoms with E-state index in [4.69, 9.17) is 11.6 Å². The van der Waals surface area contributed by atoms with Gasteiger partial charge in [0.15, 0.2) is 0 Å². The molecule has 4 heteroatoms. The summed E-state index contributed by atoms with van der Waals surface area (Å²) in [6.45, 7) is 0. The molecule has 92 valence electrons. The zero-order chi connectivity index (χ0) is 11.6. The third-order valence-electron chi connectivity index (χ3n) is 5.34. The molecule has 0 radical (unpaired) electrons.